The van der Waals surface area contributed by atoms with E-state index in [1.54, 1.807) is 0 Å². The predicted molar refractivity (Wildman–Crippen MR) is 37.5 cm³/mol. The van der Waals surface area contributed by atoms with Crippen molar-refractivity contribution in [3.63, 3.8) is 0 Å². The van der Waals surface area contributed by atoms with Crippen LogP contribution >= 0.6 is 20.1 Å². The number of nitrogens with two attached hydrogens (primary N) is 2. The molecule has 1 atom stereocenters. The summed E-state index contributed by atoms with van der Waals surface area (Å²) < 4.78 is 9.56. The van der Waals surface area contributed by atoms with Crippen LogP contribution in [0.25, 0.3) is 0 Å². The third kappa shape index (κ3) is 0.932. The zero-order chi connectivity index (χ0) is 6.15. The van der Waals surface area contributed by atoms with E-state index in [0.29, 0.717) is 6.61 Å². The first-order valence-electron chi connectivity index (χ1n) is 2.06. The summed E-state index contributed by atoms with van der Waals surface area (Å²) >= 11 is -1.98. The molecule has 0 saturated carbocycles. The first kappa shape index (κ1) is 6.24. The van der Waals surface area contributed by atoms with Crippen LogP contribution in [0.2, 0.25) is 0 Å². The summed E-state index contributed by atoms with van der Waals surface area (Å²) in [5, 5.41) is 0. The number of halogens is 1. The average Bonchev–Trinajstić information content (AvgIpc) is 1.98. The molecular formula is C3H7IN2O2. The number of carbonyl (C=O) groups is 1. The molecule has 1 aliphatic rings. The van der Waals surface area contributed by atoms with E-state index in [1.807, 2.05) is 0 Å². The van der Waals surface area contributed by atoms with Crippen molar-refractivity contribution in [2.24, 2.45) is 9.68 Å². The minimum absolute atomic E-state index is 0.147. The van der Waals surface area contributed by atoms with Crippen LogP contribution in [0.1, 0.15) is 0 Å². The number of hydrogen-bond acceptors (Lipinski definition) is 4. The number of carbonyl (C=O) groups excluding carboxylic acids is 1. The molecule has 48 valence electrons. The maximum absolute atomic E-state index is 10.4. The van der Waals surface area contributed by atoms with Gasteiger partial charge >= 0.3 is 53.9 Å². The molecule has 1 fully saturated rings. The van der Waals surface area contributed by atoms with Crippen LogP contribution in [-0.4, -0.2) is 14.6 Å². The summed E-state index contributed by atoms with van der Waals surface area (Å²) in [6.45, 7) is 0.334. The molecule has 0 aromatic heterocycles. The Morgan fingerprint density at radius 2 is 2.50 bits per heavy atom. The van der Waals surface area contributed by atoms with E-state index in [-0.39, 0.29) is 8.02 Å². The van der Waals surface area contributed by atoms with Gasteiger partial charge < -0.3 is 0 Å². The number of rotatable bonds is 0. The molecule has 0 bridgehead atoms. The summed E-state index contributed by atoms with van der Waals surface area (Å²) in [5.74, 6) is 0. The molecule has 1 saturated heterocycles. The Balaban J connectivity index is 2.56. The van der Waals surface area contributed by atoms with Crippen LogP contribution in [0, 0.1) is 0 Å². The second kappa shape index (κ2) is 2.16. The zero-order valence-corrected chi connectivity index (χ0v) is 6.29. The summed E-state index contributed by atoms with van der Waals surface area (Å²) in [6, 6.07) is 0. The number of ether oxygens (including phenoxy) is 1. The molecule has 0 unspecified atom stereocenters. The third-order valence-electron chi connectivity index (χ3n) is 0.836. The molecule has 0 radical (unpaired) electrons. The van der Waals surface area contributed by atoms with Gasteiger partial charge in [-0.15, -0.1) is 0 Å². The fourth-order valence-electron chi connectivity index (χ4n) is 0.390. The molecule has 1 rings (SSSR count). The van der Waals surface area contributed by atoms with Gasteiger partial charge in [0.1, 0.15) is 0 Å². The van der Waals surface area contributed by atoms with Crippen molar-refractivity contribution in [2.45, 2.75) is 4.05 Å². The van der Waals surface area contributed by atoms with E-state index in [2.05, 4.69) is 4.74 Å². The second-order valence-corrected chi connectivity index (χ2v) is 5.85. The van der Waals surface area contributed by atoms with E-state index in [4.69, 9.17) is 9.68 Å². The van der Waals surface area contributed by atoms with Crippen LogP contribution in [0.3, 0.4) is 0 Å². The quantitative estimate of drug-likeness (QED) is 0.198. The second-order valence-electron chi connectivity index (χ2n) is 1.41. The first-order valence-corrected chi connectivity index (χ1v) is 5.63. The van der Waals surface area contributed by atoms with Crippen LogP contribution in [0.5, 0.6) is 0 Å². The predicted octanol–water partition coefficient (Wildman–Crippen LogP) is -0.198. The minimum atomic E-state index is -1.98. The van der Waals surface area contributed by atoms with Crippen molar-refractivity contribution in [3.8, 4) is 0 Å². The van der Waals surface area contributed by atoms with Crippen LogP contribution in [0.15, 0.2) is 0 Å². The van der Waals surface area contributed by atoms with Gasteiger partial charge in [-0.05, 0) is 0 Å². The van der Waals surface area contributed by atoms with Crippen LogP contribution in [-0.2, 0) is 4.74 Å². The van der Waals surface area contributed by atoms with E-state index in [0.717, 1.165) is 0 Å². The number of hydrogen-bond donors (Lipinski definition) is 2. The van der Waals surface area contributed by atoms with Gasteiger partial charge in [-0.25, -0.2) is 0 Å². The summed E-state index contributed by atoms with van der Waals surface area (Å²) in [6.07, 6.45) is 0. The van der Waals surface area contributed by atoms with Crippen molar-refractivity contribution >= 4 is 24.1 Å². The molecule has 0 aromatic carbocycles. The molecule has 1 aliphatic heterocycles. The fraction of sp³-hybridized carbons (Fsp3) is 0.667. The molecule has 8 heavy (non-hydrogen) atoms. The maximum atomic E-state index is 10.4. The topological polar surface area (TPSA) is 78.3 Å². The summed E-state index contributed by atoms with van der Waals surface area (Å²) in [4.78, 5) is 10.4. The molecule has 1 heterocycles. The molecule has 4 N–H and O–H groups in total. The van der Waals surface area contributed by atoms with Gasteiger partial charge in [0, 0.05) is 0 Å². The molecule has 0 spiro atoms. The van der Waals surface area contributed by atoms with Gasteiger partial charge in [-0.3, -0.25) is 0 Å². The van der Waals surface area contributed by atoms with E-state index >= 15 is 0 Å². The van der Waals surface area contributed by atoms with Crippen molar-refractivity contribution < 1.29 is 9.53 Å². The van der Waals surface area contributed by atoms with Crippen LogP contribution in [0.4, 0.5) is 4.79 Å². The summed E-state index contributed by atoms with van der Waals surface area (Å²) in [7, 11) is 0. The normalized spacial score (nSPS) is 33.0. The molecule has 5 heteroatoms. The monoisotopic (exact) mass is 230 g/mol. The molecular weight excluding hydrogens is 223 g/mol. The van der Waals surface area contributed by atoms with Gasteiger partial charge in [-0.2, -0.15) is 0 Å². The van der Waals surface area contributed by atoms with Crippen LogP contribution < -0.4 is 9.68 Å². The Hall–Kier alpha value is 0.120. The van der Waals surface area contributed by atoms with E-state index in [9.17, 15) is 4.79 Å². The van der Waals surface area contributed by atoms with E-state index < -0.39 is 20.1 Å². The van der Waals surface area contributed by atoms with Crippen molar-refractivity contribution in [3.05, 3.63) is 0 Å². The van der Waals surface area contributed by atoms with Gasteiger partial charge in [-0.1, -0.05) is 0 Å². The van der Waals surface area contributed by atoms with Crippen molar-refractivity contribution in [1.29, 1.82) is 0 Å². The van der Waals surface area contributed by atoms with Gasteiger partial charge in [0.05, 0.1) is 0 Å². The fourth-order valence-corrected chi connectivity index (χ4v) is 2.15. The van der Waals surface area contributed by atoms with Gasteiger partial charge in [0.25, 0.3) is 0 Å². The first-order chi connectivity index (χ1) is 3.72. The Kier molecular flexibility index (Phi) is 1.68. The van der Waals surface area contributed by atoms with Crippen molar-refractivity contribution in [1.82, 2.24) is 0 Å². The van der Waals surface area contributed by atoms with Crippen molar-refractivity contribution in [2.75, 3.05) is 6.61 Å². The van der Waals surface area contributed by atoms with Gasteiger partial charge in [0.15, 0.2) is 0 Å². The molecule has 0 aromatic rings. The molecule has 0 aliphatic carbocycles. The Morgan fingerprint density at radius 1 is 1.88 bits per heavy atom. The molecule has 4 nitrogen and oxygen atoms in total. The Labute approximate surface area is 54.3 Å². The average molecular weight is 230 g/mol. The third-order valence-corrected chi connectivity index (χ3v) is 4.25. The Morgan fingerprint density at radius 3 is 2.62 bits per heavy atom. The number of alkyl halides is 1. The standard InChI is InChI=1S/C3H7IN2O2/c5-2-1-8-3(7)4(2)6/h2H,1,5-6H2/t2-/m1/s1. The molecule has 0 amide bonds. The SMILES string of the molecule is N[C@@H]1COC(=O)I1N. The number of cyclic esters (lactones) is 1. The van der Waals surface area contributed by atoms with E-state index in [1.165, 1.54) is 0 Å². The Bertz CT molecular complexity index is 118. The van der Waals surface area contributed by atoms with Gasteiger partial charge in [0.2, 0.25) is 0 Å². The summed E-state index contributed by atoms with van der Waals surface area (Å²) in [5.41, 5.74) is 5.37. The zero-order valence-electron chi connectivity index (χ0n) is 4.13.